The van der Waals surface area contributed by atoms with E-state index >= 15 is 0 Å². The third-order valence-electron chi connectivity index (χ3n) is 5.09. The van der Waals surface area contributed by atoms with Crippen molar-refractivity contribution in [2.75, 3.05) is 49.1 Å². The SMILES string of the molecule is Cc1cc(N2CCCCC2)nc(N2CCN(C(=O)c3cccs3)CC2)n1. The first kappa shape index (κ1) is 17.3. The van der Waals surface area contributed by atoms with Gasteiger partial charge in [-0.3, -0.25) is 4.79 Å². The van der Waals surface area contributed by atoms with Crippen molar-refractivity contribution >= 4 is 29.0 Å². The summed E-state index contributed by atoms with van der Waals surface area (Å²) >= 11 is 1.51. The van der Waals surface area contributed by atoms with Crippen molar-refractivity contribution in [3.05, 3.63) is 34.2 Å². The van der Waals surface area contributed by atoms with Crippen molar-refractivity contribution in [3.8, 4) is 0 Å². The lowest BCUT2D eigenvalue weighted by atomic mass is 10.1. The molecule has 2 aliphatic rings. The lowest BCUT2D eigenvalue weighted by Crippen LogP contribution is -2.49. The smallest absolute Gasteiger partial charge is 0.264 e. The first-order valence-corrected chi connectivity index (χ1v) is 10.3. The van der Waals surface area contributed by atoms with E-state index in [4.69, 9.17) is 4.98 Å². The second-order valence-corrected chi connectivity index (χ2v) is 7.92. The van der Waals surface area contributed by atoms with Gasteiger partial charge in [-0.1, -0.05) is 6.07 Å². The largest absolute Gasteiger partial charge is 0.356 e. The number of thiophene rings is 1. The van der Waals surface area contributed by atoms with Gasteiger partial charge in [0.15, 0.2) is 0 Å². The van der Waals surface area contributed by atoms with Crippen LogP contribution in [0, 0.1) is 6.92 Å². The maximum absolute atomic E-state index is 12.5. The Kier molecular flexibility index (Phi) is 5.06. The van der Waals surface area contributed by atoms with E-state index in [9.17, 15) is 4.79 Å². The monoisotopic (exact) mass is 371 g/mol. The van der Waals surface area contributed by atoms with Crippen molar-refractivity contribution in [3.63, 3.8) is 0 Å². The Morgan fingerprint density at radius 2 is 1.77 bits per heavy atom. The molecular formula is C19H25N5OS. The van der Waals surface area contributed by atoms with Gasteiger partial charge in [0.05, 0.1) is 4.88 Å². The second kappa shape index (κ2) is 7.61. The van der Waals surface area contributed by atoms with Crippen LogP contribution in [0.3, 0.4) is 0 Å². The number of aromatic nitrogens is 2. The van der Waals surface area contributed by atoms with Gasteiger partial charge in [-0.25, -0.2) is 4.98 Å². The molecular weight excluding hydrogens is 346 g/mol. The Labute approximate surface area is 158 Å². The van der Waals surface area contributed by atoms with Crippen LogP contribution < -0.4 is 9.80 Å². The number of piperazine rings is 1. The molecule has 2 aromatic rings. The van der Waals surface area contributed by atoms with Crippen molar-refractivity contribution in [2.24, 2.45) is 0 Å². The average Bonchev–Trinajstić information content (AvgIpc) is 3.22. The maximum atomic E-state index is 12.5. The third kappa shape index (κ3) is 3.67. The molecule has 0 aliphatic carbocycles. The normalized spacial score (nSPS) is 18.3. The van der Waals surface area contributed by atoms with Crippen LogP contribution in [-0.2, 0) is 0 Å². The highest BCUT2D eigenvalue weighted by atomic mass is 32.1. The van der Waals surface area contributed by atoms with Crippen LogP contribution in [0.4, 0.5) is 11.8 Å². The highest BCUT2D eigenvalue weighted by molar-refractivity contribution is 7.12. The fourth-order valence-electron chi connectivity index (χ4n) is 3.63. The Hall–Kier alpha value is -2.15. The lowest BCUT2D eigenvalue weighted by Gasteiger charge is -2.35. The quantitative estimate of drug-likeness (QED) is 0.830. The van der Waals surface area contributed by atoms with E-state index in [1.54, 1.807) is 0 Å². The van der Waals surface area contributed by atoms with Crippen LogP contribution in [0.25, 0.3) is 0 Å². The van der Waals surface area contributed by atoms with Gasteiger partial charge < -0.3 is 14.7 Å². The Morgan fingerprint density at radius 1 is 1.00 bits per heavy atom. The molecule has 0 unspecified atom stereocenters. The summed E-state index contributed by atoms with van der Waals surface area (Å²) in [5.41, 5.74) is 1.01. The molecule has 7 heteroatoms. The zero-order valence-electron chi connectivity index (χ0n) is 15.2. The zero-order chi connectivity index (χ0) is 17.9. The Bertz CT molecular complexity index is 749. The van der Waals surface area contributed by atoms with Crippen LogP contribution in [0.15, 0.2) is 23.6 Å². The average molecular weight is 372 g/mol. The molecule has 0 radical (unpaired) electrons. The summed E-state index contributed by atoms with van der Waals surface area (Å²) < 4.78 is 0. The summed E-state index contributed by atoms with van der Waals surface area (Å²) in [6.45, 7) is 7.19. The minimum atomic E-state index is 0.138. The molecule has 1 amide bonds. The lowest BCUT2D eigenvalue weighted by molar-refractivity contribution is 0.0751. The fourth-order valence-corrected chi connectivity index (χ4v) is 4.32. The van der Waals surface area contributed by atoms with Crippen LogP contribution >= 0.6 is 11.3 Å². The zero-order valence-corrected chi connectivity index (χ0v) is 16.0. The van der Waals surface area contributed by atoms with Crippen molar-refractivity contribution in [1.82, 2.24) is 14.9 Å². The van der Waals surface area contributed by atoms with E-state index in [0.717, 1.165) is 48.5 Å². The molecule has 0 bridgehead atoms. The van der Waals surface area contributed by atoms with Gasteiger partial charge in [-0.05, 0) is 37.6 Å². The summed E-state index contributed by atoms with van der Waals surface area (Å²) in [5, 5.41) is 1.95. The number of anilines is 2. The predicted molar refractivity (Wildman–Crippen MR) is 105 cm³/mol. The number of amides is 1. The predicted octanol–water partition coefficient (Wildman–Crippen LogP) is 2.80. The van der Waals surface area contributed by atoms with E-state index in [1.807, 2.05) is 29.3 Å². The van der Waals surface area contributed by atoms with E-state index in [1.165, 1.54) is 30.6 Å². The molecule has 2 aliphatic heterocycles. The van der Waals surface area contributed by atoms with E-state index < -0.39 is 0 Å². The van der Waals surface area contributed by atoms with Gasteiger partial charge in [-0.2, -0.15) is 4.98 Å². The molecule has 6 nitrogen and oxygen atoms in total. The molecule has 2 saturated heterocycles. The molecule has 4 heterocycles. The van der Waals surface area contributed by atoms with Gasteiger partial charge in [0.1, 0.15) is 5.82 Å². The minimum Gasteiger partial charge on any atom is -0.356 e. The van der Waals surface area contributed by atoms with Gasteiger partial charge >= 0.3 is 0 Å². The summed E-state index contributed by atoms with van der Waals surface area (Å²) in [4.78, 5) is 29.3. The van der Waals surface area contributed by atoms with E-state index in [-0.39, 0.29) is 5.91 Å². The number of piperidine rings is 1. The van der Waals surface area contributed by atoms with Crippen molar-refractivity contribution in [2.45, 2.75) is 26.2 Å². The number of rotatable bonds is 3. The van der Waals surface area contributed by atoms with Crippen molar-refractivity contribution < 1.29 is 4.79 Å². The number of carbonyl (C=O) groups excluding carboxylic acids is 1. The molecule has 0 N–H and O–H groups in total. The topological polar surface area (TPSA) is 52.6 Å². The van der Waals surface area contributed by atoms with Gasteiger partial charge in [-0.15, -0.1) is 11.3 Å². The van der Waals surface area contributed by atoms with Gasteiger partial charge in [0.25, 0.3) is 5.91 Å². The molecule has 26 heavy (non-hydrogen) atoms. The second-order valence-electron chi connectivity index (χ2n) is 6.97. The van der Waals surface area contributed by atoms with E-state index in [2.05, 4.69) is 20.9 Å². The first-order chi connectivity index (χ1) is 12.7. The van der Waals surface area contributed by atoms with Gasteiger partial charge in [0.2, 0.25) is 5.95 Å². The standard InChI is InChI=1S/C19H25N5OS/c1-15-14-17(22-7-3-2-4-8-22)21-19(20-15)24-11-9-23(10-12-24)18(25)16-6-5-13-26-16/h5-6,13-14H,2-4,7-12H2,1H3. The molecule has 0 aromatic carbocycles. The number of carbonyl (C=O) groups is 1. The van der Waals surface area contributed by atoms with Crippen LogP contribution in [0.2, 0.25) is 0 Å². The van der Waals surface area contributed by atoms with Gasteiger partial charge in [0, 0.05) is 51.0 Å². The molecule has 138 valence electrons. The number of aryl methyl sites for hydroxylation is 1. The summed E-state index contributed by atoms with van der Waals surface area (Å²) in [6.07, 6.45) is 3.79. The summed E-state index contributed by atoms with van der Waals surface area (Å²) in [6, 6.07) is 5.91. The Balaban J connectivity index is 1.44. The Morgan fingerprint density at radius 3 is 2.46 bits per heavy atom. The molecule has 4 rings (SSSR count). The third-order valence-corrected chi connectivity index (χ3v) is 5.95. The number of hydrogen-bond acceptors (Lipinski definition) is 6. The van der Waals surface area contributed by atoms with Crippen LogP contribution in [-0.4, -0.2) is 60.0 Å². The highest BCUT2D eigenvalue weighted by Gasteiger charge is 2.25. The molecule has 0 spiro atoms. The number of hydrogen-bond donors (Lipinski definition) is 0. The minimum absolute atomic E-state index is 0.138. The van der Waals surface area contributed by atoms with Crippen LogP contribution in [0.5, 0.6) is 0 Å². The number of nitrogens with zero attached hydrogens (tertiary/aromatic N) is 5. The summed E-state index contributed by atoms with van der Waals surface area (Å²) in [5.74, 6) is 1.98. The highest BCUT2D eigenvalue weighted by Crippen LogP contribution is 2.22. The fraction of sp³-hybridized carbons (Fsp3) is 0.526. The molecule has 2 aromatic heterocycles. The molecule has 0 saturated carbocycles. The van der Waals surface area contributed by atoms with Crippen molar-refractivity contribution in [1.29, 1.82) is 0 Å². The van der Waals surface area contributed by atoms with E-state index in [0.29, 0.717) is 13.1 Å². The molecule has 2 fully saturated rings. The van der Waals surface area contributed by atoms with Crippen LogP contribution in [0.1, 0.15) is 34.6 Å². The maximum Gasteiger partial charge on any atom is 0.264 e. The molecule has 0 atom stereocenters. The summed E-state index contributed by atoms with van der Waals surface area (Å²) in [7, 11) is 0. The first-order valence-electron chi connectivity index (χ1n) is 9.39.